The van der Waals surface area contributed by atoms with Crippen molar-refractivity contribution in [2.24, 2.45) is 5.92 Å². The lowest BCUT2D eigenvalue weighted by Crippen LogP contribution is -2.46. The highest BCUT2D eigenvalue weighted by atomic mass is 16.7. The van der Waals surface area contributed by atoms with Crippen LogP contribution in [0.3, 0.4) is 0 Å². The number of rotatable bonds is 11. The summed E-state index contributed by atoms with van der Waals surface area (Å²) in [6, 6.07) is 28.5. The lowest BCUT2D eigenvalue weighted by Gasteiger charge is -2.43. The molecule has 1 amide bonds. The van der Waals surface area contributed by atoms with Gasteiger partial charge in [-0.1, -0.05) is 73.7 Å². The molecule has 2 aliphatic heterocycles. The van der Waals surface area contributed by atoms with Gasteiger partial charge in [-0.2, -0.15) is 0 Å². The molecule has 46 heavy (non-hydrogen) atoms. The van der Waals surface area contributed by atoms with Crippen LogP contribution in [0.2, 0.25) is 0 Å². The van der Waals surface area contributed by atoms with Gasteiger partial charge in [0, 0.05) is 50.1 Å². The normalized spacial score (nSPS) is 23.3. The van der Waals surface area contributed by atoms with Crippen LogP contribution in [0.15, 0.2) is 97.3 Å². The summed E-state index contributed by atoms with van der Waals surface area (Å²) in [6.45, 7) is 5.24. The number of nitrogens with one attached hydrogen (secondary N) is 1. The maximum absolute atomic E-state index is 12.5. The van der Waals surface area contributed by atoms with E-state index in [1.807, 2.05) is 24.3 Å². The fourth-order valence-electron chi connectivity index (χ4n) is 6.55. The Labute approximate surface area is 271 Å². The van der Waals surface area contributed by atoms with Crippen LogP contribution in [0.5, 0.6) is 0 Å². The van der Waals surface area contributed by atoms with Gasteiger partial charge in [0.1, 0.15) is 0 Å². The number of hydrogen-bond donors (Lipinski definition) is 2. The molecule has 0 aliphatic carbocycles. The van der Waals surface area contributed by atoms with Gasteiger partial charge in [0.2, 0.25) is 0 Å². The molecule has 2 N–H and O–H groups in total. The van der Waals surface area contributed by atoms with Gasteiger partial charge in [-0.15, -0.1) is 0 Å². The van der Waals surface area contributed by atoms with Crippen LogP contribution >= 0.6 is 0 Å². The van der Waals surface area contributed by atoms with Crippen molar-refractivity contribution in [2.75, 3.05) is 26.8 Å². The van der Waals surface area contributed by atoms with E-state index in [9.17, 15) is 9.90 Å². The van der Waals surface area contributed by atoms with Gasteiger partial charge >= 0.3 is 0 Å². The summed E-state index contributed by atoms with van der Waals surface area (Å²) >= 11 is 0. The summed E-state index contributed by atoms with van der Waals surface area (Å²) in [4.78, 5) is 19.0. The molecule has 0 radical (unpaired) electrons. The first kappa shape index (κ1) is 32.0. The number of aliphatic hydroxyl groups is 1. The Morgan fingerprint density at radius 2 is 1.78 bits per heavy atom. The summed E-state index contributed by atoms with van der Waals surface area (Å²) in [7, 11) is 1.77. The van der Waals surface area contributed by atoms with Crippen LogP contribution in [-0.2, 0) is 27.4 Å². The number of pyridine rings is 1. The highest BCUT2D eigenvalue weighted by Crippen LogP contribution is 2.42. The maximum Gasteiger partial charge on any atom is 0.253 e. The van der Waals surface area contributed by atoms with E-state index in [4.69, 9.17) is 14.2 Å². The van der Waals surface area contributed by atoms with Crippen molar-refractivity contribution in [3.05, 3.63) is 125 Å². The largest absolute Gasteiger partial charge is 0.392 e. The third kappa shape index (κ3) is 7.54. The average Bonchev–Trinajstić information content (AvgIpc) is 3.55. The molecule has 3 aromatic carbocycles. The predicted octanol–water partition coefficient (Wildman–Crippen LogP) is 6.07. The third-order valence-corrected chi connectivity index (χ3v) is 9.22. The fraction of sp³-hybridized carbons (Fsp3) is 0.368. The van der Waals surface area contributed by atoms with E-state index in [0.717, 1.165) is 59.5 Å². The molecule has 8 nitrogen and oxygen atoms in total. The van der Waals surface area contributed by atoms with E-state index in [1.165, 1.54) is 6.42 Å². The van der Waals surface area contributed by atoms with Crippen molar-refractivity contribution < 1.29 is 24.1 Å². The molecule has 0 spiro atoms. The number of likely N-dealkylation sites (tertiary alicyclic amines) is 1. The topological polar surface area (TPSA) is 93.2 Å². The standard InChI is InChI=1S/C38H43N3O5/c1-26-35(23-41-19-5-9-34(41)25-44-2)45-38(46-36(26)30-12-10-27(24-42)11-13-30)31-16-14-29(15-17-31)32-7-3-6-28(20-32)21-40-37(43)33-8-4-18-39-22-33/h3-4,6-8,10-18,20,22,26,34-36,38,42H,5,9,19,21,23-25H2,1-2H3,(H,40,43). The summed E-state index contributed by atoms with van der Waals surface area (Å²) in [5.74, 6) is -0.0229. The van der Waals surface area contributed by atoms with Crippen LogP contribution in [0, 0.1) is 5.92 Å². The minimum atomic E-state index is -0.518. The number of benzene rings is 3. The zero-order valence-electron chi connectivity index (χ0n) is 26.5. The van der Waals surface area contributed by atoms with Gasteiger partial charge in [-0.25, -0.2) is 0 Å². The number of aromatic nitrogens is 1. The Morgan fingerprint density at radius 3 is 2.52 bits per heavy atom. The van der Waals surface area contributed by atoms with Gasteiger partial charge in [-0.3, -0.25) is 14.7 Å². The molecule has 8 heteroatoms. The second-order valence-electron chi connectivity index (χ2n) is 12.3. The van der Waals surface area contributed by atoms with Gasteiger partial charge in [-0.05, 0) is 65.4 Å². The highest BCUT2D eigenvalue weighted by molar-refractivity contribution is 5.93. The molecule has 2 saturated heterocycles. The van der Waals surface area contributed by atoms with E-state index in [1.54, 1.807) is 31.6 Å². The van der Waals surface area contributed by atoms with Crippen LogP contribution in [0.4, 0.5) is 0 Å². The van der Waals surface area contributed by atoms with Crippen molar-refractivity contribution in [3.63, 3.8) is 0 Å². The number of carbonyl (C=O) groups is 1. The summed E-state index contributed by atoms with van der Waals surface area (Å²) < 4.78 is 19.0. The Kier molecular flexibility index (Phi) is 10.5. The first-order valence-electron chi connectivity index (χ1n) is 16.1. The molecular formula is C38H43N3O5. The molecule has 0 saturated carbocycles. The van der Waals surface area contributed by atoms with Crippen LogP contribution in [0.1, 0.15) is 64.8 Å². The third-order valence-electron chi connectivity index (χ3n) is 9.22. The molecule has 5 unspecified atom stereocenters. The van der Waals surface area contributed by atoms with Gasteiger partial charge < -0.3 is 24.6 Å². The van der Waals surface area contributed by atoms with Gasteiger partial charge in [0.05, 0.1) is 31.0 Å². The van der Waals surface area contributed by atoms with Gasteiger partial charge in [0.15, 0.2) is 6.29 Å². The second kappa shape index (κ2) is 15.1. The van der Waals surface area contributed by atoms with Crippen LogP contribution in [-0.4, -0.2) is 59.8 Å². The predicted molar refractivity (Wildman–Crippen MR) is 177 cm³/mol. The number of hydrogen-bond acceptors (Lipinski definition) is 7. The Morgan fingerprint density at radius 1 is 0.978 bits per heavy atom. The number of ether oxygens (including phenoxy) is 3. The zero-order valence-corrected chi connectivity index (χ0v) is 26.5. The monoisotopic (exact) mass is 621 g/mol. The van der Waals surface area contributed by atoms with E-state index in [2.05, 4.69) is 70.7 Å². The number of methoxy groups -OCH3 is 1. The quantitative estimate of drug-likeness (QED) is 0.210. The van der Waals surface area contributed by atoms with Crippen LogP contribution in [0.25, 0.3) is 11.1 Å². The fourth-order valence-corrected chi connectivity index (χ4v) is 6.55. The van der Waals surface area contributed by atoms with E-state index < -0.39 is 6.29 Å². The molecule has 4 aromatic rings. The first-order valence-corrected chi connectivity index (χ1v) is 16.1. The smallest absolute Gasteiger partial charge is 0.253 e. The lowest BCUT2D eigenvalue weighted by atomic mass is 9.89. The molecule has 1 aromatic heterocycles. The van der Waals surface area contributed by atoms with Gasteiger partial charge in [0.25, 0.3) is 5.91 Å². The van der Waals surface area contributed by atoms with Crippen molar-refractivity contribution in [1.82, 2.24) is 15.2 Å². The highest BCUT2D eigenvalue weighted by Gasteiger charge is 2.40. The Hall–Kier alpha value is -3.92. The number of aliphatic hydroxyl groups excluding tert-OH is 1. The van der Waals surface area contributed by atoms with Crippen molar-refractivity contribution >= 4 is 5.91 Å². The minimum Gasteiger partial charge on any atom is -0.392 e. The Balaban J connectivity index is 1.18. The summed E-state index contributed by atoms with van der Waals surface area (Å²) in [6.07, 6.45) is 4.82. The summed E-state index contributed by atoms with van der Waals surface area (Å²) in [5.41, 5.74) is 6.62. The molecule has 2 aliphatic rings. The molecular weight excluding hydrogens is 578 g/mol. The molecule has 3 heterocycles. The van der Waals surface area contributed by atoms with E-state index in [0.29, 0.717) is 18.2 Å². The number of carbonyl (C=O) groups excluding carboxylic acids is 1. The second-order valence-corrected chi connectivity index (χ2v) is 12.3. The Bertz CT molecular complexity index is 1560. The van der Waals surface area contributed by atoms with E-state index >= 15 is 0 Å². The average molecular weight is 622 g/mol. The first-order chi connectivity index (χ1) is 22.5. The number of amides is 1. The van der Waals surface area contributed by atoms with Crippen molar-refractivity contribution in [1.29, 1.82) is 0 Å². The maximum atomic E-state index is 12.5. The van der Waals surface area contributed by atoms with Crippen molar-refractivity contribution in [3.8, 4) is 11.1 Å². The zero-order chi connectivity index (χ0) is 31.9. The van der Waals surface area contributed by atoms with Crippen molar-refractivity contribution in [2.45, 2.75) is 57.5 Å². The molecule has 0 bridgehead atoms. The SMILES string of the molecule is COCC1CCCN1CC1OC(c2ccc(-c3cccc(CNC(=O)c4cccnc4)c3)cc2)OC(c2ccc(CO)cc2)C1C. The summed E-state index contributed by atoms with van der Waals surface area (Å²) in [5, 5.41) is 12.6. The lowest BCUT2D eigenvalue weighted by molar-refractivity contribution is -0.276. The molecule has 5 atom stereocenters. The van der Waals surface area contributed by atoms with Crippen LogP contribution < -0.4 is 5.32 Å². The molecule has 6 rings (SSSR count). The molecule has 2 fully saturated rings. The number of nitrogens with zero attached hydrogens (tertiary/aromatic N) is 2. The molecule has 240 valence electrons. The van der Waals surface area contributed by atoms with E-state index in [-0.39, 0.29) is 30.6 Å². The minimum absolute atomic E-state index is 0.0147.